The number of aromatic hydroxyl groups is 2. The number of likely N-dealkylation sites (N-methyl/N-ethyl adjacent to an activating group) is 1. The van der Waals surface area contributed by atoms with Gasteiger partial charge in [-0.25, -0.2) is 0 Å². The normalized spacial score (nSPS) is 23.2. The lowest BCUT2D eigenvalue weighted by atomic mass is 9.69. The van der Waals surface area contributed by atoms with Crippen LogP contribution in [0.15, 0.2) is 54.6 Å². The standard InChI is InChI=1S/C24H25N3O3/c1-27-14-18-20(25-23(29)26-22(18)28)13-24(27)19-10-6-5-9-17(19)11-12-21(24)30-15-16-7-3-2-4-8-16/h2-10,21H,11-15H2,1H3,(H2,25,26,28,29). The number of ether oxygens (including phenoxy) is 1. The summed E-state index contributed by atoms with van der Waals surface area (Å²) in [7, 11) is 2.07. The molecule has 30 heavy (non-hydrogen) atoms. The third-order valence-electron chi connectivity index (χ3n) is 6.56. The van der Waals surface area contributed by atoms with E-state index in [4.69, 9.17) is 4.74 Å². The van der Waals surface area contributed by atoms with E-state index in [0.717, 1.165) is 18.4 Å². The van der Waals surface area contributed by atoms with Gasteiger partial charge in [-0.2, -0.15) is 9.97 Å². The van der Waals surface area contributed by atoms with Crippen LogP contribution in [0.3, 0.4) is 0 Å². The minimum Gasteiger partial charge on any atom is -0.493 e. The highest BCUT2D eigenvalue weighted by atomic mass is 16.5. The molecule has 2 N–H and O–H groups in total. The highest BCUT2D eigenvalue weighted by Gasteiger charge is 2.51. The maximum absolute atomic E-state index is 10.3. The van der Waals surface area contributed by atoms with Crippen LogP contribution in [0.4, 0.5) is 0 Å². The number of aryl methyl sites for hydroxylation is 1. The first-order chi connectivity index (χ1) is 14.6. The van der Waals surface area contributed by atoms with Gasteiger partial charge in [-0.3, -0.25) is 4.90 Å². The summed E-state index contributed by atoms with van der Waals surface area (Å²) in [6.45, 7) is 1.03. The van der Waals surface area contributed by atoms with Gasteiger partial charge < -0.3 is 14.9 Å². The van der Waals surface area contributed by atoms with Crippen LogP contribution >= 0.6 is 0 Å². The van der Waals surface area contributed by atoms with Gasteiger partial charge in [0.2, 0.25) is 5.88 Å². The first kappa shape index (κ1) is 19.0. The Labute approximate surface area is 175 Å². The van der Waals surface area contributed by atoms with E-state index in [1.165, 1.54) is 11.1 Å². The Hall–Kier alpha value is -2.96. The quantitative estimate of drug-likeness (QED) is 0.699. The largest absolute Gasteiger partial charge is 0.493 e. The minimum atomic E-state index is -0.427. The number of fused-ring (bicyclic) bond motifs is 3. The van der Waals surface area contributed by atoms with Crippen molar-refractivity contribution in [1.82, 2.24) is 14.9 Å². The van der Waals surface area contributed by atoms with Crippen molar-refractivity contribution in [2.45, 2.75) is 44.1 Å². The van der Waals surface area contributed by atoms with E-state index in [2.05, 4.69) is 58.3 Å². The van der Waals surface area contributed by atoms with Gasteiger partial charge in [0.15, 0.2) is 0 Å². The first-order valence-electron chi connectivity index (χ1n) is 10.3. The van der Waals surface area contributed by atoms with Crippen molar-refractivity contribution in [1.29, 1.82) is 0 Å². The molecule has 2 aliphatic rings. The highest BCUT2D eigenvalue weighted by molar-refractivity contribution is 5.44. The third-order valence-corrected chi connectivity index (χ3v) is 6.56. The van der Waals surface area contributed by atoms with E-state index in [1.807, 2.05) is 18.2 Å². The molecule has 1 aliphatic carbocycles. The van der Waals surface area contributed by atoms with Crippen LogP contribution in [0.1, 0.15) is 34.4 Å². The van der Waals surface area contributed by atoms with Crippen LogP contribution in [0.2, 0.25) is 0 Å². The van der Waals surface area contributed by atoms with Crippen LogP contribution < -0.4 is 0 Å². The molecule has 1 aromatic heterocycles. The van der Waals surface area contributed by atoms with Crippen LogP contribution in [0, 0.1) is 0 Å². The Morgan fingerprint density at radius 3 is 2.67 bits per heavy atom. The summed E-state index contributed by atoms with van der Waals surface area (Å²) in [6.07, 6.45) is 2.34. The molecule has 0 fully saturated rings. The van der Waals surface area contributed by atoms with Gasteiger partial charge in [0.25, 0.3) is 0 Å². The molecule has 6 heteroatoms. The van der Waals surface area contributed by atoms with Crippen LogP contribution in [0.25, 0.3) is 0 Å². The topological polar surface area (TPSA) is 78.7 Å². The van der Waals surface area contributed by atoms with E-state index < -0.39 is 11.5 Å². The average molecular weight is 403 g/mol. The Morgan fingerprint density at radius 1 is 1.07 bits per heavy atom. The fourth-order valence-corrected chi connectivity index (χ4v) is 5.09. The number of aromatic nitrogens is 2. The minimum absolute atomic E-state index is 0.0509. The lowest BCUT2D eigenvalue weighted by molar-refractivity contribution is -0.0961. The molecule has 0 radical (unpaired) electrons. The van der Waals surface area contributed by atoms with Crippen molar-refractivity contribution in [3.05, 3.63) is 82.5 Å². The SMILES string of the molecule is CN1Cc2c(O)nc(O)nc2CC12c1ccccc1CCC2OCc1ccccc1. The summed E-state index contributed by atoms with van der Waals surface area (Å²) in [5.41, 5.74) is 4.62. The summed E-state index contributed by atoms with van der Waals surface area (Å²) in [5.74, 6) is -0.148. The van der Waals surface area contributed by atoms with Crippen molar-refractivity contribution < 1.29 is 14.9 Å². The molecule has 0 saturated carbocycles. The van der Waals surface area contributed by atoms with E-state index in [-0.39, 0.29) is 12.0 Å². The van der Waals surface area contributed by atoms with Gasteiger partial charge in [-0.15, -0.1) is 0 Å². The molecule has 2 atom stereocenters. The molecule has 0 amide bonds. The zero-order valence-electron chi connectivity index (χ0n) is 17.0. The van der Waals surface area contributed by atoms with Gasteiger partial charge in [0.05, 0.1) is 29.5 Å². The summed E-state index contributed by atoms with van der Waals surface area (Å²) < 4.78 is 6.56. The van der Waals surface area contributed by atoms with Gasteiger partial charge in [-0.1, -0.05) is 54.6 Å². The second-order valence-corrected chi connectivity index (χ2v) is 8.21. The second kappa shape index (κ2) is 7.38. The molecule has 2 heterocycles. The molecule has 2 unspecified atom stereocenters. The zero-order valence-corrected chi connectivity index (χ0v) is 17.0. The first-order valence-corrected chi connectivity index (χ1v) is 10.3. The molecular weight excluding hydrogens is 378 g/mol. The van der Waals surface area contributed by atoms with Crippen LogP contribution in [-0.4, -0.2) is 38.2 Å². The van der Waals surface area contributed by atoms with Gasteiger partial charge in [0.1, 0.15) is 0 Å². The Bertz CT molecular complexity index is 1070. The monoisotopic (exact) mass is 403 g/mol. The van der Waals surface area contributed by atoms with Crippen molar-refractivity contribution in [3.8, 4) is 11.9 Å². The van der Waals surface area contributed by atoms with Crippen LogP contribution in [-0.2, 0) is 36.3 Å². The van der Waals surface area contributed by atoms with Crippen molar-refractivity contribution in [3.63, 3.8) is 0 Å². The van der Waals surface area contributed by atoms with Gasteiger partial charge in [-0.05, 0) is 36.6 Å². The lowest BCUT2D eigenvalue weighted by Crippen LogP contribution is -2.59. The van der Waals surface area contributed by atoms with Gasteiger partial charge in [0, 0.05) is 13.0 Å². The van der Waals surface area contributed by atoms with E-state index in [9.17, 15) is 10.2 Å². The summed E-state index contributed by atoms with van der Waals surface area (Å²) in [5, 5.41) is 20.2. The molecule has 6 nitrogen and oxygen atoms in total. The molecule has 1 aliphatic heterocycles. The van der Waals surface area contributed by atoms with E-state index in [0.29, 0.717) is 30.8 Å². The molecule has 0 bridgehead atoms. The lowest BCUT2D eigenvalue weighted by Gasteiger charge is -2.53. The van der Waals surface area contributed by atoms with Crippen molar-refractivity contribution in [2.24, 2.45) is 0 Å². The predicted molar refractivity (Wildman–Crippen MR) is 112 cm³/mol. The highest BCUT2D eigenvalue weighted by Crippen LogP contribution is 2.48. The maximum atomic E-state index is 10.3. The molecule has 1 spiro atoms. The molecule has 5 rings (SSSR count). The van der Waals surface area contributed by atoms with E-state index >= 15 is 0 Å². The number of nitrogens with zero attached hydrogens (tertiary/aromatic N) is 3. The third kappa shape index (κ3) is 3.04. The number of benzene rings is 2. The number of rotatable bonds is 3. The molecule has 154 valence electrons. The number of hydrogen-bond donors (Lipinski definition) is 2. The second-order valence-electron chi connectivity index (χ2n) is 8.21. The van der Waals surface area contributed by atoms with E-state index in [1.54, 1.807) is 0 Å². The Kier molecular flexibility index (Phi) is 4.68. The summed E-state index contributed by atoms with van der Waals surface area (Å²) >= 11 is 0. The average Bonchev–Trinajstić information content (AvgIpc) is 2.75. The fraction of sp³-hybridized carbons (Fsp3) is 0.333. The molecule has 3 aromatic rings. The fourth-order valence-electron chi connectivity index (χ4n) is 5.09. The Balaban J connectivity index is 1.58. The zero-order chi connectivity index (χ0) is 20.7. The van der Waals surface area contributed by atoms with Gasteiger partial charge >= 0.3 is 6.01 Å². The maximum Gasteiger partial charge on any atom is 0.317 e. The predicted octanol–water partition coefficient (Wildman–Crippen LogP) is 3.30. The van der Waals surface area contributed by atoms with Crippen molar-refractivity contribution >= 4 is 0 Å². The summed E-state index contributed by atoms with van der Waals surface area (Å²) in [4.78, 5) is 10.3. The Morgan fingerprint density at radius 2 is 1.83 bits per heavy atom. The smallest absolute Gasteiger partial charge is 0.317 e. The van der Waals surface area contributed by atoms with Crippen LogP contribution in [0.5, 0.6) is 11.9 Å². The molecule has 0 saturated heterocycles. The molecule has 2 aromatic carbocycles. The summed E-state index contributed by atoms with van der Waals surface area (Å²) in [6, 6.07) is 18.3. The number of hydrogen-bond acceptors (Lipinski definition) is 6. The van der Waals surface area contributed by atoms with Crippen molar-refractivity contribution in [2.75, 3.05) is 7.05 Å². The molecular formula is C24H25N3O3.